The molecule has 0 saturated carbocycles. The summed E-state index contributed by atoms with van der Waals surface area (Å²) in [5.74, 6) is -0.423. The summed E-state index contributed by atoms with van der Waals surface area (Å²) in [4.78, 5) is 8.35. The summed E-state index contributed by atoms with van der Waals surface area (Å²) < 4.78 is 38.7. The maximum Gasteiger partial charge on any atom is 0.132 e. The number of aryl methyl sites for hydroxylation is 2. The van der Waals surface area contributed by atoms with Crippen LogP contribution in [-0.4, -0.2) is 13.7 Å². The number of halogens is 2. The molecule has 39 heavy (non-hydrogen) atoms. The van der Waals surface area contributed by atoms with E-state index in [1.165, 1.54) is 22.7 Å². The van der Waals surface area contributed by atoms with E-state index < -0.39 is 0 Å². The number of rotatable bonds is 8. The third kappa shape index (κ3) is 5.16. The number of hydrogen-bond acceptors (Lipinski definition) is 6. The first kappa shape index (κ1) is 25.9. The maximum atomic E-state index is 15.0. The summed E-state index contributed by atoms with van der Waals surface area (Å²) in [5.41, 5.74) is 6.20. The Kier molecular flexibility index (Phi) is 7.34. The van der Waals surface area contributed by atoms with Crippen molar-refractivity contribution < 1.29 is 8.78 Å². The van der Waals surface area contributed by atoms with E-state index in [9.17, 15) is 4.39 Å². The van der Waals surface area contributed by atoms with Crippen molar-refractivity contribution in [3.63, 3.8) is 0 Å². The number of thiophene rings is 2. The van der Waals surface area contributed by atoms with E-state index in [0.29, 0.717) is 16.6 Å². The molecule has 0 bridgehead atoms. The third-order valence-corrected chi connectivity index (χ3v) is 9.57. The highest BCUT2D eigenvalue weighted by Gasteiger charge is 2.19. The lowest BCUT2D eigenvalue weighted by Gasteiger charge is -2.05. The number of hydrogen-bond donors (Lipinski definition) is 0. The lowest BCUT2D eigenvalue weighted by atomic mass is 10.0. The van der Waals surface area contributed by atoms with Gasteiger partial charge in [0, 0.05) is 37.5 Å². The van der Waals surface area contributed by atoms with E-state index in [4.69, 9.17) is 4.98 Å². The fourth-order valence-electron chi connectivity index (χ4n) is 4.68. The Hall–Kier alpha value is -3.33. The molecule has 0 aliphatic heterocycles. The molecule has 4 heterocycles. The van der Waals surface area contributed by atoms with Gasteiger partial charge >= 0.3 is 0 Å². The van der Waals surface area contributed by atoms with Crippen molar-refractivity contribution in [1.82, 2.24) is 13.7 Å². The lowest BCUT2D eigenvalue weighted by molar-refractivity contribution is 0.627. The van der Waals surface area contributed by atoms with Crippen LogP contribution in [0, 0.1) is 18.6 Å². The summed E-state index contributed by atoms with van der Waals surface area (Å²) in [5, 5.41) is 0. The molecule has 0 amide bonds. The van der Waals surface area contributed by atoms with Gasteiger partial charge in [0.2, 0.25) is 0 Å². The minimum Gasteiger partial charge on any atom is -0.252 e. The van der Waals surface area contributed by atoms with E-state index in [2.05, 4.69) is 15.7 Å². The Labute approximate surface area is 238 Å². The summed E-state index contributed by atoms with van der Waals surface area (Å²) in [6.45, 7) is 4.05. The van der Waals surface area contributed by atoms with Crippen molar-refractivity contribution in [2.45, 2.75) is 39.5 Å². The molecule has 2 aromatic carbocycles. The van der Waals surface area contributed by atoms with E-state index in [1.54, 1.807) is 12.1 Å². The zero-order chi connectivity index (χ0) is 26.9. The Morgan fingerprint density at radius 1 is 0.692 bits per heavy atom. The summed E-state index contributed by atoms with van der Waals surface area (Å²) in [6, 6.07) is 18.7. The second-order valence-electron chi connectivity index (χ2n) is 9.56. The van der Waals surface area contributed by atoms with Crippen molar-refractivity contribution in [3.8, 4) is 41.9 Å². The first-order valence-electron chi connectivity index (χ1n) is 12.9. The molecule has 0 spiro atoms. The van der Waals surface area contributed by atoms with E-state index in [0.717, 1.165) is 84.8 Å². The summed E-state index contributed by atoms with van der Waals surface area (Å²) in [6.07, 6.45) is 6.09. The second kappa shape index (κ2) is 11.0. The normalized spacial score (nSPS) is 11.5. The van der Waals surface area contributed by atoms with Gasteiger partial charge in [0.25, 0.3) is 0 Å². The largest absolute Gasteiger partial charge is 0.252 e. The molecule has 4 aromatic heterocycles. The van der Waals surface area contributed by atoms with Crippen LogP contribution >= 0.6 is 34.4 Å². The van der Waals surface area contributed by atoms with Gasteiger partial charge in [-0.25, -0.2) is 8.78 Å². The molecule has 0 unspecified atom stereocenters. The van der Waals surface area contributed by atoms with Gasteiger partial charge in [0.05, 0.1) is 16.6 Å². The molecule has 0 fully saturated rings. The van der Waals surface area contributed by atoms with Gasteiger partial charge in [-0.3, -0.25) is 4.98 Å². The van der Waals surface area contributed by atoms with Gasteiger partial charge in [0.1, 0.15) is 28.4 Å². The molecule has 0 N–H and O–H groups in total. The molecule has 0 saturated heterocycles. The summed E-state index contributed by atoms with van der Waals surface area (Å²) >= 11 is 4.15. The molecule has 6 aromatic rings. The van der Waals surface area contributed by atoms with Gasteiger partial charge in [-0.05, 0) is 67.3 Å². The fraction of sp³-hybridized carbons (Fsp3) is 0.194. The minimum absolute atomic E-state index is 0.195. The molecule has 0 aliphatic carbocycles. The van der Waals surface area contributed by atoms with Crippen LogP contribution in [0.25, 0.3) is 52.9 Å². The molecule has 0 atom stereocenters. The first-order valence-corrected chi connectivity index (χ1v) is 15.2. The predicted molar refractivity (Wildman–Crippen MR) is 161 cm³/mol. The van der Waals surface area contributed by atoms with Crippen molar-refractivity contribution in [3.05, 3.63) is 89.6 Å². The van der Waals surface area contributed by atoms with Crippen LogP contribution in [0.1, 0.15) is 37.3 Å². The van der Waals surface area contributed by atoms with Gasteiger partial charge in [0.15, 0.2) is 0 Å². The Bertz CT molecular complexity index is 1780. The van der Waals surface area contributed by atoms with Gasteiger partial charge in [-0.2, -0.15) is 8.75 Å². The number of benzene rings is 2. The molecular formula is C31H25F2N3S3. The second-order valence-corrected chi connectivity index (χ2v) is 12.3. The fourth-order valence-corrected chi connectivity index (χ4v) is 7.32. The minimum atomic E-state index is -0.228. The monoisotopic (exact) mass is 573 g/mol. The zero-order valence-electron chi connectivity index (χ0n) is 21.5. The summed E-state index contributed by atoms with van der Waals surface area (Å²) in [7, 11) is 0. The van der Waals surface area contributed by atoms with Crippen LogP contribution in [0.3, 0.4) is 0 Å². The average molecular weight is 574 g/mol. The predicted octanol–water partition coefficient (Wildman–Crippen LogP) is 10.2. The molecular weight excluding hydrogens is 549 g/mol. The maximum absolute atomic E-state index is 15.0. The van der Waals surface area contributed by atoms with Gasteiger partial charge < -0.3 is 0 Å². The number of pyridine rings is 1. The van der Waals surface area contributed by atoms with Gasteiger partial charge in [-0.1, -0.05) is 44.0 Å². The van der Waals surface area contributed by atoms with Gasteiger partial charge in [-0.15, -0.1) is 22.7 Å². The molecule has 0 aliphatic rings. The van der Waals surface area contributed by atoms with Crippen molar-refractivity contribution in [1.29, 1.82) is 0 Å². The quantitative estimate of drug-likeness (QED) is 0.170. The van der Waals surface area contributed by atoms with Crippen LogP contribution < -0.4 is 0 Å². The number of unbranched alkanes of at least 4 members (excludes halogenated alkanes) is 2. The van der Waals surface area contributed by atoms with Crippen LogP contribution in [0.15, 0.2) is 66.9 Å². The van der Waals surface area contributed by atoms with E-state index >= 15 is 4.39 Å². The van der Waals surface area contributed by atoms with Crippen LogP contribution in [-0.2, 0) is 6.42 Å². The van der Waals surface area contributed by atoms with E-state index in [1.807, 2.05) is 61.7 Å². The van der Waals surface area contributed by atoms with Crippen LogP contribution in [0.5, 0.6) is 0 Å². The zero-order valence-corrected chi connectivity index (χ0v) is 24.0. The molecule has 8 heteroatoms. The number of fused-ring (bicyclic) bond motifs is 1. The lowest BCUT2D eigenvalue weighted by Crippen LogP contribution is -1.89. The molecule has 3 nitrogen and oxygen atoms in total. The van der Waals surface area contributed by atoms with E-state index in [-0.39, 0.29) is 11.6 Å². The Morgan fingerprint density at radius 2 is 1.33 bits per heavy atom. The first-order chi connectivity index (χ1) is 19.0. The van der Waals surface area contributed by atoms with Crippen molar-refractivity contribution in [2.75, 3.05) is 0 Å². The Morgan fingerprint density at radius 3 is 2.05 bits per heavy atom. The van der Waals surface area contributed by atoms with Crippen LogP contribution in [0.4, 0.5) is 8.78 Å². The van der Waals surface area contributed by atoms with Crippen molar-refractivity contribution >= 4 is 45.4 Å². The van der Waals surface area contributed by atoms with Crippen molar-refractivity contribution in [2.24, 2.45) is 0 Å². The number of aromatic nitrogens is 3. The highest BCUT2D eigenvalue weighted by molar-refractivity contribution is 7.19. The highest BCUT2D eigenvalue weighted by Crippen LogP contribution is 2.42. The molecule has 6 rings (SSSR count). The smallest absolute Gasteiger partial charge is 0.132 e. The highest BCUT2D eigenvalue weighted by atomic mass is 32.1. The Balaban J connectivity index is 1.31. The standard InChI is InChI=1S/C31H25F2N3S3/c1-3-4-5-6-19-8-10-21(24(33)16-19)26-13-14-28(38-26)30-31-29(35-39-36-31)22(17-34-30)27-12-11-25(37-27)20-9-7-18(2)15-23(20)32/h7-17H,3-6H2,1-2H3. The van der Waals surface area contributed by atoms with Crippen LogP contribution in [0.2, 0.25) is 0 Å². The topological polar surface area (TPSA) is 38.7 Å². The molecule has 0 radical (unpaired) electrons. The average Bonchev–Trinajstić information content (AvgIpc) is 3.70. The molecule has 196 valence electrons. The SMILES string of the molecule is CCCCCc1ccc(-c2ccc(-c3ncc(-c4ccc(-c5ccc(C)cc5F)s4)c4nsnc34)s2)c(F)c1. The third-order valence-electron chi connectivity index (χ3n) is 6.76. The number of nitrogens with zero attached hydrogens (tertiary/aromatic N) is 3.